The second kappa shape index (κ2) is 15.7. The van der Waals surface area contributed by atoms with Gasteiger partial charge in [-0.05, 0) is 63.0 Å². The fourth-order valence-corrected chi connectivity index (χ4v) is 5.53. The van der Waals surface area contributed by atoms with Crippen molar-refractivity contribution < 1.29 is 38.4 Å². The standard InChI is InChI=1S/C33H52O8/c1-10-27(38-25(7)34)24(6)32-28(40-32)18-20(2)12-11-13-22(4)31-23(5)14-15-29(39-26(8)35)33(9,37)17-16-21(3)19-30(36)41-31/h11-15,20-21,23-24,27-29,31-32,37H,10,16-19H2,1-9H3/b12-11+,15-14+,22-13+. The van der Waals surface area contributed by atoms with Crippen molar-refractivity contribution in [1.82, 2.24) is 0 Å². The van der Waals surface area contributed by atoms with Crippen LogP contribution in [0.15, 0.2) is 36.0 Å². The van der Waals surface area contributed by atoms with E-state index < -0.39 is 23.8 Å². The molecule has 2 rings (SSSR count). The van der Waals surface area contributed by atoms with Crippen LogP contribution < -0.4 is 0 Å². The zero-order valence-corrected chi connectivity index (χ0v) is 26.4. The second-order valence-corrected chi connectivity index (χ2v) is 12.5. The predicted octanol–water partition coefficient (Wildman–Crippen LogP) is 5.87. The lowest BCUT2D eigenvalue weighted by atomic mass is 9.87. The third-order valence-corrected chi connectivity index (χ3v) is 8.19. The molecule has 0 aromatic heterocycles. The molecule has 1 saturated heterocycles. The Kier molecular flexibility index (Phi) is 13.3. The number of carbonyl (C=O) groups excluding carboxylic acids is 3. The molecule has 0 aliphatic carbocycles. The summed E-state index contributed by atoms with van der Waals surface area (Å²) >= 11 is 0. The van der Waals surface area contributed by atoms with E-state index in [-0.39, 0.29) is 60.3 Å². The van der Waals surface area contributed by atoms with Gasteiger partial charge in [-0.3, -0.25) is 14.4 Å². The summed E-state index contributed by atoms with van der Waals surface area (Å²) in [6, 6.07) is 0. The largest absolute Gasteiger partial charge is 0.462 e. The molecule has 0 bridgehead atoms. The number of epoxide rings is 1. The van der Waals surface area contributed by atoms with Gasteiger partial charge in [0.25, 0.3) is 0 Å². The fourth-order valence-electron chi connectivity index (χ4n) is 5.53. The quantitative estimate of drug-likeness (QED) is 0.113. The molecule has 2 aliphatic rings. The van der Waals surface area contributed by atoms with Crippen LogP contribution in [-0.2, 0) is 33.3 Å². The van der Waals surface area contributed by atoms with E-state index >= 15 is 0 Å². The zero-order chi connectivity index (χ0) is 30.9. The van der Waals surface area contributed by atoms with E-state index in [1.54, 1.807) is 13.0 Å². The van der Waals surface area contributed by atoms with Crippen LogP contribution in [-0.4, -0.2) is 59.1 Å². The Bertz CT molecular complexity index is 980. The smallest absolute Gasteiger partial charge is 0.306 e. The van der Waals surface area contributed by atoms with Crippen LogP contribution in [0, 0.1) is 23.7 Å². The van der Waals surface area contributed by atoms with Gasteiger partial charge in [0.15, 0.2) is 0 Å². The summed E-state index contributed by atoms with van der Waals surface area (Å²) in [5.74, 6) is -0.789. The maximum absolute atomic E-state index is 12.8. The molecule has 41 heavy (non-hydrogen) atoms. The molecule has 232 valence electrons. The maximum Gasteiger partial charge on any atom is 0.306 e. The highest BCUT2D eigenvalue weighted by molar-refractivity contribution is 5.70. The highest BCUT2D eigenvalue weighted by Crippen LogP contribution is 2.37. The van der Waals surface area contributed by atoms with Gasteiger partial charge in [-0.15, -0.1) is 0 Å². The van der Waals surface area contributed by atoms with Crippen molar-refractivity contribution in [1.29, 1.82) is 0 Å². The van der Waals surface area contributed by atoms with Crippen LogP contribution in [0.5, 0.6) is 0 Å². The highest BCUT2D eigenvalue weighted by Gasteiger charge is 2.46. The SMILES string of the molecule is CCC(OC(C)=O)C(C)C1OC1CC(C)/C=C/C=C(\C)C1OC(=O)CC(C)CCC(C)(O)C(OC(C)=O)/C=C/C1C. The van der Waals surface area contributed by atoms with Crippen LogP contribution >= 0.6 is 0 Å². The summed E-state index contributed by atoms with van der Waals surface area (Å²) in [6.45, 7) is 16.5. The van der Waals surface area contributed by atoms with Crippen molar-refractivity contribution in [3.8, 4) is 0 Å². The van der Waals surface area contributed by atoms with Crippen molar-refractivity contribution >= 4 is 17.9 Å². The van der Waals surface area contributed by atoms with E-state index in [1.807, 2.05) is 45.9 Å². The van der Waals surface area contributed by atoms with Gasteiger partial charge in [0.1, 0.15) is 23.9 Å². The Balaban J connectivity index is 2.10. The molecule has 10 unspecified atom stereocenters. The molecule has 1 fully saturated rings. The number of cyclic esters (lactones) is 1. The Morgan fingerprint density at radius 3 is 2.46 bits per heavy atom. The highest BCUT2D eigenvalue weighted by atomic mass is 16.6. The Hall–Kier alpha value is -2.45. The number of ether oxygens (including phenoxy) is 4. The van der Waals surface area contributed by atoms with E-state index in [2.05, 4.69) is 19.9 Å². The third-order valence-electron chi connectivity index (χ3n) is 8.19. The van der Waals surface area contributed by atoms with Gasteiger partial charge in [-0.25, -0.2) is 0 Å². The van der Waals surface area contributed by atoms with Crippen molar-refractivity contribution in [3.05, 3.63) is 36.0 Å². The molecule has 10 atom stereocenters. The van der Waals surface area contributed by atoms with Crippen LogP contribution in [0.1, 0.15) is 94.4 Å². The Morgan fingerprint density at radius 1 is 1.17 bits per heavy atom. The number of aliphatic hydroxyl groups is 1. The van der Waals surface area contributed by atoms with Crippen LogP contribution in [0.25, 0.3) is 0 Å². The molecule has 2 aliphatic heterocycles. The number of esters is 3. The molecule has 8 nitrogen and oxygen atoms in total. The second-order valence-electron chi connectivity index (χ2n) is 12.5. The summed E-state index contributed by atoms with van der Waals surface area (Å²) in [5.41, 5.74) is -0.362. The predicted molar refractivity (Wildman–Crippen MR) is 158 cm³/mol. The van der Waals surface area contributed by atoms with Gasteiger partial charge in [-0.1, -0.05) is 58.9 Å². The molecular formula is C33H52O8. The van der Waals surface area contributed by atoms with E-state index in [9.17, 15) is 19.5 Å². The average molecular weight is 577 g/mol. The van der Waals surface area contributed by atoms with E-state index in [0.717, 1.165) is 18.4 Å². The van der Waals surface area contributed by atoms with Crippen molar-refractivity contribution in [2.24, 2.45) is 23.7 Å². The minimum Gasteiger partial charge on any atom is -0.462 e. The summed E-state index contributed by atoms with van der Waals surface area (Å²) in [4.78, 5) is 35.9. The van der Waals surface area contributed by atoms with Crippen LogP contribution in [0.4, 0.5) is 0 Å². The molecule has 1 N–H and O–H groups in total. The van der Waals surface area contributed by atoms with E-state index in [1.165, 1.54) is 13.8 Å². The molecular weight excluding hydrogens is 524 g/mol. The van der Waals surface area contributed by atoms with Crippen molar-refractivity contribution in [2.75, 3.05) is 0 Å². The lowest BCUT2D eigenvalue weighted by Gasteiger charge is -2.32. The van der Waals surface area contributed by atoms with Gasteiger partial charge in [-0.2, -0.15) is 0 Å². The van der Waals surface area contributed by atoms with Gasteiger partial charge < -0.3 is 24.1 Å². The number of hydrogen-bond donors (Lipinski definition) is 1. The molecule has 0 amide bonds. The van der Waals surface area contributed by atoms with Crippen molar-refractivity contribution in [3.63, 3.8) is 0 Å². The van der Waals surface area contributed by atoms with Gasteiger partial charge >= 0.3 is 17.9 Å². The monoisotopic (exact) mass is 576 g/mol. The number of allylic oxidation sites excluding steroid dienone is 3. The fraction of sp³-hybridized carbons (Fsp3) is 0.727. The summed E-state index contributed by atoms with van der Waals surface area (Å²) in [6.07, 6.45) is 11.3. The van der Waals surface area contributed by atoms with Crippen molar-refractivity contribution in [2.45, 2.75) is 131 Å². The topological polar surface area (TPSA) is 112 Å². The average Bonchev–Trinajstić information content (AvgIpc) is 3.64. The molecule has 0 radical (unpaired) electrons. The van der Waals surface area contributed by atoms with Crippen LogP contribution in [0.2, 0.25) is 0 Å². The number of rotatable bonds is 10. The minimum absolute atomic E-state index is 0.00848. The first kappa shape index (κ1) is 34.7. The maximum atomic E-state index is 12.8. The van der Waals surface area contributed by atoms with Gasteiger partial charge in [0.05, 0.1) is 12.2 Å². The Labute approximate surface area is 246 Å². The summed E-state index contributed by atoms with van der Waals surface area (Å²) in [7, 11) is 0. The molecule has 0 aromatic carbocycles. The van der Waals surface area contributed by atoms with Gasteiger partial charge in [0, 0.05) is 32.1 Å². The molecule has 8 heteroatoms. The first-order valence-electron chi connectivity index (χ1n) is 15.1. The molecule has 2 heterocycles. The normalized spacial score (nSPS) is 34.4. The van der Waals surface area contributed by atoms with E-state index in [0.29, 0.717) is 12.8 Å². The van der Waals surface area contributed by atoms with E-state index in [4.69, 9.17) is 18.9 Å². The molecule has 0 aromatic rings. The zero-order valence-electron chi connectivity index (χ0n) is 26.4. The van der Waals surface area contributed by atoms with Crippen LogP contribution in [0.3, 0.4) is 0 Å². The number of hydrogen-bond acceptors (Lipinski definition) is 8. The van der Waals surface area contributed by atoms with Gasteiger partial charge in [0.2, 0.25) is 0 Å². The summed E-state index contributed by atoms with van der Waals surface area (Å²) in [5, 5.41) is 11.1. The lowest BCUT2D eigenvalue weighted by Crippen LogP contribution is -2.41. The lowest BCUT2D eigenvalue weighted by molar-refractivity contribution is -0.156. The third kappa shape index (κ3) is 11.4. The molecule has 0 spiro atoms. The minimum atomic E-state index is -1.25. The first-order chi connectivity index (χ1) is 19.1. The summed E-state index contributed by atoms with van der Waals surface area (Å²) < 4.78 is 22.8. The first-order valence-corrected chi connectivity index (χ1v) is 15.1. The molecule has 0 saturated carbocycles. The Morgan fingerprint density at radius 2 is 1.85 bits per heavy atom. The number of carbonyl (C=O) groups is 3.